The van der Waals surface area contributed by atoms with E-state index >= 15 is 0 Å². The SMILES string of the molecule is CC(C)C(=O)C(CCCNC(N)=O)NC(=O)C(CC(=O)CCCCCN1C(=O)C=CC1=O)C(C)C. The predicted molar refractivity (Wildman–Crippen MR) is 131 cm³/mol. The van der Waals surface area contributed by atoms with E-state index in [1.54, 1.807) is 13.8 Å². The number of nitrogens with two attached hydrogens (primary N) is 1. The topological polar surface area (TPSA) is 156 Å². The van der Waals surface area contributed by atoms with Crippen LogP contribution in [0.1, 0.15) is 72.6 Å². The molecule has 1 aliphatic rings. The number of hydrogen-bond donors (Lipinski definition) is 3. The maximum atomic E-state index is 13.0. The monoisotopic (exact) mass is 492 g/mol. The molecule has 2 unspecified atom stereocenters. The van der Waals surface area contributed by atoms with Crippen LogP contribution in [-0.4, -0.2) is 59.4 Å². The molecule has 0 aliphatic carbocycles. The number of rotatable bonds is 17. The van der Waals surface area contributed by atoms with Gasteiger partial charge in [-0.2, -0.15) is 0 Å². The van der Waals surface area contributed by atoms with E-state index in [-0.39, 0.29) is 47.5 Å². The second-order valence-electron chi connectivity index (χ2n) is 9.62. The number of nitrogens with one attached hydrogen (secondary N) is 2. The molecule has 0 fully saturated rings. The molecule has 1 heterocycles. The predicted octanol–water partition coefficient (Wildman–Crippen LogP) is 1.86. The van der Waals surface area contributed by atoms with Crippen LogP contribution in [0.25, 0.3) is 0 Å². The molecule has 10 nitrogen and oxygen atoms in total. The molecule has 5 amide bonds. The molecule has 0 spiro atoms. The number of nitrogens with zero attached hydrogens (tertiary/aromatic N) is 1. The molecule has 196 valence electrons. The van der Waals surface area contributed by atoms with Crippen LogP contribution < -0.4 is 16.4 Å². The van der Waals surface area contributed by atoms with Gasteiger partial charge in [-0.25, -0.2) is 4.79 Å². The van der Waals surface area contributed by atoms with Crippen molar-refractivity contribution < 1.29 is 28.8 Å². The molecular weight excluding hydrogens is 452 g/mol. The van der Waals surface area contributed by atoms with Gasteiger partial charge in [-0.1, -0.05) is 34.1 Å². The molecule has 1 aliphatic heterocycles. The number of hydrogen-bond acceptors (Lipinski definition) is 6. The highest BCUT2D eigenvalue weighted by molar-refractivity contribution is 6.12. The highest BCUT2D eigenvalue weighted by atomic mass is 16.2. The second kappa shape index (κ2) is 15.1. The van der Waals surface area contributed by atoms with E-state index in [0.717, 1.165) is 0 Å². The zero-order valence-corrected chi connectivity index (χ0v) is 21.3. The van der Waals surface area contributed by atoms with Crippen LogP contribution in [0.5, 0.6) is 0 Å². The number of urea groups is 1. The Morgan fingerprint density at radius 3 is 2.11 bits per heavy atom. The molecule has 10 heteroatoms. The van der Waals surface area contributed by atoms with Gasteiger partial charge in [-0.15, -0.1) is 0 Å². The Hall–Kier alpha value is -3.04. The Labute approximate surface area is 207 Å². The van der Waals surface area contributed by atoms with Crippen molar-refractivity contribution in [1.29, 1.82) is 0 Å². The largest absolute Gasteiger partial charge is 0.352 e. The van der Waals surface area contributed by atoms with Crippen LogP contribution in [0, 0.1) is 17.8 Å². The fourth-order valence-corrected chi connectivity index (χ4v) is 3.88. The molecule has 0 radical (unpaired) electrons. The second-order valence-corrected chi connectivity index (χ2v) is 9.62. The normalized spacial score (nSPS) is 15.0. The van der Waals surface area contributed by atoms with Gasteiger partial charge in [0.25, 0.3) is 11.8 Å². The summed E-state index contributed by atoms with van der Waals surface area (Å²) in [5, 5.41) is 5.30. The number of unbranched alkanes of at least 4 members (excludes halogenated alkanes) is 2. The fraction of sp³-hybridized carbons (Fsp3) is 0.680. The van der Waals surface area contributed by atoms with Crippen molar-refractivity contribution in [1.82, 2.24) is 15.5 Å². The number of carbonyl (C=O) groups excluding carboxylic acids is 6. The first-order valence-electron chi connectivity index (χ1n) is 12.4. The maximum absolute atomic E-state index is 13.0. The van der Waals surface area contributed by atoms with Gasteiger partial charge in [0.15, 0.2) is 5.78 Å². The number of Topliss-reactive ketones (excluding diaryl/α,β-unsaturated/α-hetero) is 2. The third-order valence-corrected chi connectivity index (χ3v) is 6.02. The van der Waals surface area contributed by atoms with Crippen LogP contribution >= 0.6 is 0 Å². The number of amides is 5. The fourth-order valence-electron chi connectivity index (χ4n) is 3.88. The molecule has 2 atom stereocenters. The average molecular weight is 493 g/mol. The minimum Gasteiger partial charge on any atom is -0.352 e. The van der Waals surface area contributed by atoms with Gasteiger partial charge < -0.3 is 16.4 Å². The highest BCUT2D eigenvalue weighted by Crippen LogP contribution is 2.19. The van der Waals surface area contributed by atoms with Crippen molar-refractivity contribution in [2.75, 3.05) is 13.1 Å². The summed E-state index contributed by atoms with van der Waals surface area (Å²) in [6, 6.07) is -1.34. The minimum absolute atomic E-state index is 0.0359. The summed E-state index contributed by atoms with van der Waals surface area (Å²) < 4.78 is 0. The van der Waals surface area contributed by atoms with Crippen molar-refractivity contribution in [3.8, 4) is 0 Å². The van der Waals surface area contributed by atoms with E-state index in [1.165, 1.54) is 17.1 Å². The van der Waals surface area contributed by atoms with Crippen molar-refractivity contribution in [3.05, 3.63) is 12.2 Å². The number of primary amides is 1. The van der Waals surface area contributed by atoms with Gasteiger partial charge in [-0.05, 0) is 31.6 Å². The van der Waals surface area contributed by atoms with E-state index in [1.807, 2.05) is 13.8 Å². The first-order chi connectivity index (χ1) is 16.4. The first kappa shape index (κ1) is 30.0. The minimum atomic E-state index is -0.695. The van der Waals surface area contributed by atoms with Gasteiger partial charge in [0.05, 0.1) is 6.04 Å². The van der Waals surface area contributed by atoms with E-state index in [4.69, 9.17) is 5.73 Å². The lowest BCUT2D eigenvalue weighted by Gasteiger charge is -2.25. The Morgan fingerprint density at radius 2 is 1.57 bits per heavy atom. The lowest BCUT2D eigenvalue weighted by molar-refractivity contribution is -0.137. The third-order valence-electron chi connectivity index (χ3n) is 6.02. The van der Waals surface area contributed by atoms with Crippen LogP contribution in [-0.2, 0) is 24.0 Å². The Morgan fingerprint density at radius 1 is 0.943 bits per heavy atom. The summed E-state index contributed by atoms with van der Waals surface area (Å²) in [7, 11) is 0. The Kier molecular flexibility index (Phi) is 12.9. The number of imide groups is 1. The summed E-state index contributed by atoms with van der Waals surface area (Å²) >= 11 is 0. The van der Waals surface area contributed by atoms with Gasteiger partial charge in [0.1, 0.15) is 5.78 Å². The number of ketones is 2. The Balaban J connectivity index is 2.53. The maximum Gasteiger partial charge on any atom is 0.312 e. The van der Waals surface area contributed by atoms with Crippen molar-refractivity contribution in [2.45, 2.75) is 78.7 Å². The van der Waals surface area contributed by atoms with Crippen LogP contribution in [0.3, 0.4) is 0 Å². The third kappa shape index (κ3) is 10.8. The number of carbonyl (C=O) groups is 6. The molecule has 35 heavy (non-hydrogen) atoms. The molecular formula is C25H40N4O6. The lowest BCUT2D eigenvalue weighted by Crippen LogP contribution is -2.47. The lowest BCUT2D eigenvalue weighted by atomic mass is 9.87. The summed E-state index contributed by atoms with van der Waals surface area (Å²) in [6.07, 6.45) is 5.64. The molecule has 0 bridgehead atoms. The molecule has 4 N–H and O–H groups in total. The zero-order valence-electron chi connectivity index (χ0n) is 21.3. The van der Waals surface area contributed by atoms with Crippen molar-refractivity contribution >= 4 is 35.3 Å². The van der Waals surface area contributed by atoms with Crippen LogP contribution in [0.2, 0.25) is 0 Å². The molecule has 0 saturated heterocycles. The van der Waals surface area contributed by atoms with E-state index in [0.29, 0.717) is 51.6 Å². The molecule has 0 aromatic heterocycles. The van der Waals surface area contributed by atoms with E-state index in [2.05, 4.69) is 10.6 Å². The smallest absolute Gasteiger partial charge is 0.312 e. The van der Waals surface area contributed by atoms with Gasteiger partial charge in [0, 0.05) is 49.9 Å². The highest BCUT2D eigenvalue weighted by Gasteiger charge is 2.30. The van der Waals surface area contributed by atoms with Crippen LogP contribution in [0.4, 0.5) is 4.79 Å². The van der Waals surface area contributed by atoms with E-state index < -0.39 is 18.0 Å². The Bertz CT molecular complexity index is 803. The molecule has 1 rings (SSSR count). The average Bonchev–Trinajstić information content (AvgIpc) is 3.10. The summed E-state index contributed by atoms with van der Waals surface area (Å²) in [5.41, 5.74) is 5.06. The van der Waals surface area contributed by atoms with Crippen molar-refractivity contribution in [3.63, 3.8) is 0 Å². The van der Waals surface area contributed by atoms with Gasteiger partial charge in [-0.3, -0.25) is 28.9 Å². The summed E-state index contributed by atoms with van der Waals surface area (Å²) in [5.74, 6) is -2.00. The quantitative estimate of drug-likeness (QED) is 0.208. The molecule has 0 aromatic rings. The van der Waals surface area contributed by atoms with Crippen LogP contribution in [0.15, 0.2) is 12.2 Å². The zero-order chi connectivity index (χ0) is 26.5. The summed E-state index contributed by atoms with van der Waals surface area (Å²) in [6.45, 7) is 7.89. The molecule has 0 saturated carbocycles. The van der Waals surface area contributed by atoms with Gasteiger partial charge in [0.2, 0.25) is 5.91 Å². The summed E-state index contributed by atoms with van der Waals surface area (Å²) in [4.78, 5) is 73.3. The standard InChI is InChI=1S/C25H40N4O6/c1-16(2)19(15-18(30)9-6-5-7-14-29-21(31)11-12-22(29)32)24(34)28-20(23(33)17(3)4)10-8-13-27-25(26)35/h11-12,16-17,19-20H,5-10,13-15H2,1-4H3,(H,28,34)(H3,26,27,35). The van der Waals surface area contributed by atoms with Gasteiger partial charge >= 0.3 is 6.03 Å². The molecule has 0 aromatic carbocycles. The first-order valence-corrected chi connectivity index (χ1v) is 12.4. The van der Waals surface area contributed by atoms with E-state index in [9.17, 15) is 28.8 Å². The van der Waals surface area contributed by atoms with Crippen molar-refractivity contribution in [2.24, 2.45) is 23.5 Å².